The van der Waals surface area contributed by atoms with Crippen LogP contribution in [0.15, 0.2) is 48.5 Å². The lowest BCUT2D eigenvalue weighted by Crippen LogP contribution is -2.24. The Kier molecular flexibility index (Phi) is 7.57. The van der Waals surface area contributed by atoms with Gasteiger partial charge in [0.2, 0.25) is 0 Å². The molecule has 0 aromatic heterocycles. The molecule has 2 N–H and O–H groups in total. The monoisotopic (exact) mass is 322 g/mol. The Morgan fingerprint density at radius 1 is 1.05 bits per heavy atom. The standard InChI is InChI=1S/C17H22N2O2.ClH/c1-19(13-14-6-5-7-15(18)12-14)10-11-21-17-9-4-3-8-16(17)20-2;/h3-9,12H,10-11,13,18H2,1-2H3;1H. The van der Waals surface area contributed by atoms with Crippen LogP contribution >= 0.6 is 12.4 Å². The molecule has 0 unspecified atom stereocenters. The maximum Gasteiger partial charge on any atom is 0.161 e. The predicted molar refractivity (Wildman–Crippen MR) is 92.9 cm³/mol. The fourth-order valence-corrected chi connectivity index (χ4v) is 2.13. The molecule has 0 saturated carbocycles. The Labute approximate surface area is 138 Å². The third-order valence-corrected chi connectivity index (χ3v) is 3.20. The quantitative estimate of drug-likeness (QED) is 0.795. The number of hydrogen-bond donors (Lipinski definition) is 1. The van der Waals surface area contributed by atoms with Crippen molar-refractivity contribution < 1.29 is 9.47 Å². The first-order valence-electron chi connectivity index (χ1n) is 6.98. The molecule has 0 saturated heterocycles. The molecule has 0 aliphatic heterocycles. The summed E-state index contributed by atoms with van der Waals surface area (Å²) in [7, 11) is 3.71. The number of methoxy groups -OCH3 is 1. The lowest BCUT2D eigenvalue weighted by Gasteiger charge is -2.18. The van der Waals surface area contributed by atoms with Gasteiger partial charge >= 0.3 is 0 Å². The highest BCUT2D eigenvalue weighted by molar-refractivity contribution is 5.85. The summed E-state index contributed by atoms with van der Waals surface area (Å²) in [5.41, 5.74) is 7.79. The first-order chi connectivity index (χ1) is 10.2. The molecule has 120 valence electrons. The fourth-order valence-electron chi connectivity index (χ4n) is 2.13. The lowest BCUT2D eigenvalue weighted by molar-refractivity contribution is 0.226. The zero-order chi connectivity index (χ0) is 15.1. The Morgan fingerprint density at radius 3 is 2.45 bits per heavy atom. The van der Waals surface area contributed by atoms with E-state index >= 15 is 0 Å². The van der Waals surface area contributed by atoms with E-state index in [9.17, 15) is 0 Å². The fraction of sp³-hybridized carbons (Fsp3) is 0.294. The second-order valence-electron chi connectivity index (χ2n) is 4.98. The molecule has 0 atom stereocenters. The molecule has 2 rings (SSSR count). The lowest BCUT2D eigenvalue weighted by atomic mass is 10.2. The number of ether oxygens (including phenoxy) is 2. The van der Waals surface area contributed by atoms with Crippen molar-refractivity contribution in [2.45, 2.75) is 6.54 Å². The number of nitrogen functional groups attached to an aromatic ring is 1. The normalized spacial score (nSPS) is 10.1. The number of benzene rings is 2. The summed E-state index contributed by atoms with van der Waals surface area (Å²) in [5, 5.41) is 0. The molecule has 5 heteroatoms. The number of para-hydroxylation sites is 2. The van der Waals surface area contributed by atoms with E-state index in [1.807, 2.05) is 42.5 Å². The van der Waals surface area contributed by atoms with E-state index in [4.69, 9.17) is 15.2 Å². The summed E-state index contributed by atoms with van der Waals surface area (Å²) in [6, 6.07) is 15.6. The topological polar surface area (TPSA) is 47.7 Å². The van der Waals surface area contributed by atoms with Gasteiger partial charge in [-0.25, -0.2) is 0 Å². The van der Waals surface area contributed by atoms with Gasteiger partial charge in [-0.15, -0.1) is 12.4 Å². The van der Waals surface area contributed by atoms with E-state index in [1.54, 1.807) is 7.11 Å². The third kappa shape index (κ3) is 5.47. The molecule has 0 radical (unpaired) electrons. The second kappa shape index (κ2) is 9.18. The predicted octanol–water partition coefficient (Wildman–Crippen LogP) is 3.21. The first kappa shape index (κ1) is 18.1. The van der Waals surface area contributed by atoms with Crippen LogP contribution in [0.2, 0.25) is 0 Å². The van der Waals surface area contributed by atoms with Crippen LogP contribution in [0.25, 0.3) is 0 Å². The molecule has 22 heavy (non-hydrogen) atoms. The van der Waals surface area contributed by atoms with Gasteiger partial charge in [-0.3, -0.25) is 4.90 Å². The summed E-state index contributed by atoms with van der Waals surface area (Å²) < 4.78 is 11.0. The number of nitrogens with two attached hydrogens (primary N) is 1. The number of halogens is 1. The Hall–Kier alpha value is -1.91. The van der Waals surface area contributed by atoms with Crippen molar-refractivity contribution in [2.75, 3.05) is 33.0 Å². The van der Waals surface area contributed by atoms with E-state index in [0.717, 1.165) is 30.3 Å². The second-order valence-corrected chi connectivity index (χ2v) is 4.98. The van der Waals surface area contributed by atoms with E-state index in [2.05, 4.69) is 18.0 Å². The smallest absolute Gasteiger partial charge is 0.161 e. The molecule has 0 amide bonds. The molecule has 0 fully saturated rings. The van der Waals surface area contributed by atoms with Crippen molar-refractivity contribution in [3.8, 4) is 11.5 Å². The molecule has 0 spiro atoms. The van der Waals surface area contributed by atoms with Crippen molar-refractivity contribution in [1.82, 2.24) is 4.90 Å². The van der Waals surface area contributed by atoms with Crippen molar-refractivity contribution in [3.05, 3.63) is 54.1 Å². The molecular weight excluding hydrogens is 300 g/mol. The highest BCUT2D eigenvalue weighted by Gasteiger charge is 2.04. The van der Waals surface area contributed by atoms with Gasteiger partial charge in [0.1, 0.15) is 6.61 Å². The van der Waals surface area contributed by atoms with Crippen LogP contribution in [0.4, 0.5) is 5.69 Å². The average Bonchev–Trinajstić information content (AvgIpc) is 2.47. The maximum atomic E-state index is 5.79. The molecular formula is C17H23ClN2O2. The van der Waals surface area contributed by atoms with Crippen LogP contribution in [0, 0.1) is 0 Å². The van der Waals surface area contributed by atoms with Gasteiger partial charge < -0.3 is 15.2 Å². The molecule has 2 aromatic carbocycles. The van der Waals surface area contributed by atoms with Gasteiger partial charge in [-0.05, 0) is 36.9 Å². The number of nitrogens with zero attached hydrogens (tertiary/aromatic N) is 1. The highest BCUT2D eigenvalue weighted by Crippen LogP contribution is 2.25. The molecule has 0 heterocycles. The average molecular weight is 323 g/mol. The van der Waals surface area contributed by atoms with Crippen LogP contribution in [0.5, 0.6) is 11.5 Å². The van der Waals surface area contributed by atoms with E-state index < -0.39 is 0 Å². The van der Waals surface area contributed by atoms with Crippen molar-refractivity contribution in [3.63, 3.8) is 0 Å². The Balaban J connectivity index is 0.00000242. The van der Waals surface area contributed by atoms with Gasteiger partial charge in [0.05, 0.1) is 7.11 Å². The maximum absolute atomic E-state index is 5.79. The summed E-state index contributed by atoms with van der Waals surface area (Å²) in [4.78, 5) is 2.20. The minimum atomic E-state index is 0. The Morgan fingerprint density at radius 2 is 1.77 bits per heavy atom. The number of anilines is 1. The number of hydrogen-bond acceptors (Lipinski definition) is 4. The number of rotatable bonds is 7. The van der Waals surface area contributed by atoms with Crippen LogP contribution in [-0.4, -0.2) is 32.2 Å². The zero-order valence-corrected chi connectivity index (χ0v) is 13.8. The van der Waals surface area contributed by atoms with Crippen LogP contribution < -0.4 is 15.2 Å². The minimum absolute atomic E-state index is 0. The summed E-state index contributed by atoms with van der Waals surface area (Å²) in [6.45, 7) is 2.28. The zero-order valence-electron chi connectivity index (χ0n) is 13.0. The number of likely N-dealkylation sites (N-methyl/N-ethyl adjacent to an activating group) is 1. The largest absolute Gasteiger partial charge is 0.493 e. The van der Waals surface area contributed by atoms with Crippen LogP contribution in [0.3, 0.4) is 0 Å². The summed E-state index contributed by atoms with van der Waals surface area (Å²) >= 11 is 0. The minimum Gasteiger partial charge on any atom is -0.493 e. The van der Waals surface area contributed by atoms with E-state index in [1.165, 1.54) is 5.56 Å². The van der Waals surface area contributed by atoms with Crippen LogP contribution in [0.1, 0.15) is 5.56 Å². The van der Waals surface area contributed by atoms with E-state index in [-0.39, 0.29) is 12.4 Å². The molecule has 0 bridgehead atoms. The molecule has 4 nitrogen and oxygen atoms in total. The van der Waals surface area contributed by atoms with Crippen LogP contribution in [-0.2, 0) is 6.54 Å². The Bertz CT molecular complexity index is 578. The molecule has 2 aromatic rings. The summed E-state index contributed by atoms with van der Waals surface area (Å²) in [5.74, 6) is 1.54. The van der Waals surface area contributed by atoms with Crippen molar-refractivity contribution >= 4 is 18.1 Å². The van der Waals surface area contributed by atoms with E-state index in [0.29, 0.717) is 6.61 Å². The third-order valence-electron chi connectivity index (χ3n) is 3.20. The SMILES string of the molecule is COc1ccccc1OCCN(C)Cc1cccc(N)c1.Cl. The first-order valence-corrected chi connectivity index (χ1v) is 6.98. The summed E-state index contributed by atoms with van der Waals surface area (Å²) in [6.07, 6.45) is 0. The van der Waals surface area contributed by atoms with Gasteiger partial charge in [0, 0.05) is 18.8 Å². The van der Waals surface area contributed by atoms with Gasteiger partial charge in [-0.1, -0.05) is 24.3 Å². The highest BCUT2D eigenvalue weighted by atomic mass is 35.5. The molecule has 0 aliphatic rings. The van der Waals surface area contributed by atoms with Gasteiger partial charge in [0.25, 0.3) is 0 Å². The van der Waals surface area contributed by atoms with Gasteiger partial charge in [-0.2, -0.15) is 0 Å². The van der Waals surface area contributed by atoms with Gasteiger partial charge in [0.15, 0.2) is 11.5 Å². The van der Waals surface area contributed by atoms with Crippen molar-refractivity contribution in [1.29, 1.82) is 0 Å². The van der Waals surface area contributed by atoms with Crippen molar-refractivity contribution in [2.24, 2.45) is 0 Å². The molecule has 0 aliphatic carbocycles.